The Morgan fingerprint density at radius 2 is 2.05 bits per heavy atom. The van der Waals surface area contributed by atoms with E-state index in [9.17, 15) is 4.79 Å². The number of nitrogens with one attached hydrogen (secondary N) is 1. The normalized spacial score (nSPS) is 17.6. The minimum absolute atomic E-state index is 0.0617. The topological polar surface area (TPSA) is 131 Å². The summed E-state index contributed by atoms with van der Waals surface area (Å²) in [5.41, 5.74) is 11.1. The lowest BCUT2D eigenvalue weighted by molar-refractivity contribution is -0.125. The van der Waals surface area contributed by atoms with E-state index in [1.807, 2.05) is 35.2 Å². The Hall–Kier alpha value is -4.25. The monoisotopic (exact) mass is 527 g/mol. The van der Waals surface area contributed by atoms with E-state index >= 15 is 0 Å². The number of benzene rings is 1. The molecule has 4 aromatic rings. The van der Waals surface area contributed by atoms with E-state index in [1.165, 1.54) is 19.2 Å². The number of likely N-dealkylation sites (N-methyl/N-ethyl adjacent to an activating group) is 1. The molecule has 6 rings (SSSR count). The molecule has 0 spiro atoms. The van der Waals surface area contributed by atoms with Gasteiger partial charge in [-0.1, -0.05) is 23.4 Å². The van der Waals surface area contributed by atoms with Gasteiger partial charge < -0.3 is 19.9 Å². The first-order valence-corrected chi connectivity index (χ1v) is 13.3. The van der Waals surface area contributed by atoms with Crippen molar-refractivity contribution in [1.82, 2.24) is 39.7 Å². The number of carbonyl (C=O) groups excluding carboxylic acids is 1. The Bertz CT molecular complexity index is 1490. The van der Waals surface area contributed by atoms with Gasteiger partial charge in [-0.15, -0.1) is 5.10 Å². The summed E-state index contributed by atoms with van der Waals surface area (Å²) >= 11 is 0. The number of likely N-dealkylation sites (tertiary alicyclic amines) is 1. The van der Waals surface area contributed by atoms with Crippen molar-refractivity contribution in [3.63, 3.8) is 0 Å². The van der Waals surface area contributed by atoms with Crippen molar-refractivity contribution in [3.8, 4) is 16.9 Å². The van der Waals surface area contributed by atoms with Gasteiger partial charge in [-0.2, -0.15) is 0 Å². The summed E-state index contributed by atoms with van der Waals surface area (Å²) in [6.45, 7) is 4.59. The molecule has 4 heterocycles. The second-order valence-electron chi connectivity index (χ2n) is 10.4. The van der Waals surface area contributed by atoms with Crippen LogP contribution < -0.4 is 10.5 Å². The van der Waals surface area contributed by atoms with Gasteiger partial charge in [-0.25, -0.2) is 9.97 Å². The Morgan fingerprint density at radius 1 is 1.23 bits per heavy atom. The first-order chi connectivity index (χ1) is 19.0. The van der Waals surface area contributed by atoms with Crippen LogP contribution >= 0.6 is 0 Å². The number of hydrogen-bond acceptors (Lipinski definition) is 8. The van der Waals surface area contributed by atoms with E-state index in [4.69, 9.17) is 10.5 Å². The lowest BCUT2D eigenvalue weighted by Crippen LogP contribution is -2.28. The molecule has 1 amide bonds. The number of aromatic amines is 1. The fourth-order valence-electron chi connectivity index (χ4n) is 5.48. The fourth-order valence-corrected chi connectivity index (χ4v) is 5.48. The van der Waals surface area contributed by atoms with Crippen LogP contribution in [0.15, 0.2) is 48.9 Å². The number of aromatic nitrogens is 6. The van der Waals surface area contributed by atoms with Gasteiger partial charge in [0.1, 0.15) is 30.1 Å². The molecule has 2 fully saturated rings. The maximum Gasteiger partial charge on any atom is 0.246 e. The van der Waals surface area contributed by atoms with Gasteiger partial charge in [0.2, 0.25) is 5.91 Å². The quantitative estimate of drug-likeness (QED) is 0.318. The lowest BCUT2D eigenvalue weighted by atomic mass is 10.0. The predicted molar refractivity (Wildman–Crippen MR) is 148 cm³/mol. The molecule has 2 aliphatic rings. The first kappa shape index (κ1) is 25.1. The predicted octanol–water partition coefficient (Wildman–Crippen LogP) is 3.11. The number of nitrogens with zero attached hydrogens (tertiary/aromatic N) is 7. The third-order valence-electron chi connectivity index (χ3n) is 7.72. The highest BCUT2D eigenvalue weighted by Crippen LogP contribution is 2.40. The van der Waals surface area contributed by atoms with Crippen LogP contribution in [0, 0.1) is 6.92 Å². The van der Waals surface area contributed by atoms with Crippen LogP contribution in [0.4, 0.5) is 5.82 Å². The first-order valence-electron chi connectivity index (χ1n) is 13.3. The van der Waals surface area contributed by atoms with Crippen molar-refractivity contribution in [2.75, 3.05) is 32.4 Å². The number of rotatable bonds is 9. The van der Waals surface area contributed by atoms with Crippen molar-refractivity contribution in [1.29, 1.82) is 0 Å². The Labute approximate surface area is 226 Å². The Balaban J connectivity index is 1.22. The fraction of sp³-hybridized carbons (Fsp3) is 0.393. The van der Waals surface area contributed by atoms with E-state index in [-0.39, 0.29) is 11.9 Å². The second kappa shape index (κ2) is 10.5. The SMILES string of the molecule is Cc1c(-c2ccc(OCc3cnn[nH]3)cc2)c2c(N)ncnc2n1C1CCN(C(=O)/C=C/CN(C)C2CC2)C1. The third-order valence-corrected chi connectivity index (χ3v) is 7.72. The Morgan fingerprint density at radius 3 is 2.79 bits per heavy atom. The summed E-state index contributed by atoms with van der Waals surface area (Å²) in [4.78, 5) is 26.1. The van der Waals surface area contributed by atoms with E-state index in [0.29, 0.717) is 31.6 Å². The van der Waals surface area contributed by atoms with Crippen molar-refractivity contribution in [2.45, 2.75) is 44.9 Å². The molecule has 3 aromatic heterocycles. The molecule has 1 unspecified atom stereocenters. The molecule has 39 heavy (non-hydrogen) atoms. The molecule has 1 aliphatic heterocycles. The van der Waals surface area contributed by atoms with Crippen molar-refractivity contribution in [2.24, 2.45) is 0 Å². The van der Waals surface area contributed by atoms with Gasteiger partial charge in [-0.3, -0.25) is 14.8 Å². The summed E-state index contributed by atoms with van der Waals surface area (Å²) in [5, 5.41) is 11.1. The van der Waals surface area contributed by atoms with Gasteiger partial charge in [0, 0.05) is 43.0 Å². The van der Waals surface area contributed by atoms with Crippen LogP contribution in [-0.2, 0) is 11.4 Å². The van der Waals surface area contributed by atoms with Gasteiger partial charge in [0.25, 0.3) is 0 Å². The van der Waals surface area contributed by atoms with Crippen molar-refractivity contribution >= 4 is 22.8 Å². The zero-order valence-corrected chi connectivity index (χ0v) is 22.2. The molecule has 0 radical (unpaired) electrons. The zero-order chi connectivity index (χ0) is 26.9. The van der Waals surface area contributed by atoms with E-state index in [0.717, 1.165) is 52.3 Å². The molecule has 202 valence electrons. The average Bonchev–Trinajstić information content (AvgIpc) is 3.31. The maximum atomic E-state index is 12.9. The van der Waals surface area contributed by atoms with E-state index < -0.39 is 0 Å². The largest absolute Gasteiger partial charge is 0.487 e. The molecule has 11 nitrogen and oxygen atoms in total. The van der Waals surface area contributed by atoms with Crippen LogP contribution in [-0.4, -0.2) is 78.4 Å². The van der Waals surface area contributed by atoms with Crippen LogP contribution in [0.3, 0.4) is 0 Å². The molecule has 11 heteroatoms. The maximum absolute atomic E-state index is 12.9. The summed E-state index contributed by atoms with van der Waals surface area (Å²) < 4.78 is 8.08. The minimum atomic E-state index is 0.0617. The summed E-state index contributed by atoms with van der Waals surface area (Å²) in [7, 11) is 2.11. The number of ether oxygens (including phenoxy) is 1. The summed E-state index contributed by atoms with van der Waals surface area (Å²) in [6, 6.07) is 8.69. The molecular weight excluding hydrogens is 494 g/mol. The zero-order valence-electron chi connectivity index (χ0n) is 22.2. The van der Waals surface area contributed by atoms with Crippen LogP contribution in [0.1, 0.15) is 36.7 Å². The van der Waals surface area contributed by atoms with E-state index in [2.05, 4.69) is 48.8 Å². The molecular formula is C28H33N9O2. The number of amides is 1. The molecule has 1 saturated heterocycles. The number of nitrogens with two attached hydrogens (primary N) is 1. The second-order valence-corrected chi connectivity index (χ2v) is 10.4. The molecule has 1 atom stereocenters. The van der Waals surface area contributed by atoms with E-state index in [1.54, 1.807) is 12.3 Å². The highest BCUT2D eigenvalue weighted by molar-refractivity contribution is 6.02. The van der Waals surface area contributed by atoms with Gasteiger partial charge in [-0.05, 0) is 50.9 Å². The number of nitrogen functional groups attached to an aromatic ring is 1. The third kappa shape index (κ3) is 5.09. The van der Waals surface area contributed by atoms with Gasteiger partial charge in [0.05, 0.1) is 23.3 Å². The smallest absolute Gasteiger partial charge is 0.246 e. The van der Waals surface area contributed by atoms with Gasteiger partial charge >= 0.3 is 0 Å². The highest BCUT2D eigenvalue weighted by Gasteiger charge is 2.31. The number of anilines is 1. The average molecular weight is 528 g/mol. The van der Waals surface area contributed by atoms with Crippen molar-refractivity contribution < 1.29 is 9.53 Å². The number of carbonyl (C=O) groups is 1. The number of H-pyrrole nitrogens is 1. The standard InChI is InChI=1S/C28H33N9O2/c1-18-25(19-5-9-23(10-6-19)39-16-20-14-32-34-33-20)26-27(29)30-17-31-28(26)37(18)22-11-13-36(15-22)24(38)4-3-12-35(2)21-7-8-21/h3-6,9-10,14,17,21-22H,7-8,11-13,15-16H2,1-2H3,(H2,29,30,31)(H,32,33,34)/b4-3+. The number of fused-ring (bicyclic) bond motifs is 1. The molecule has 1 aromatic carbocycles. The lowest BCUT2D eigenvalue weighted by Gasteiger charge is -2.18. The minimum Gasteiger partial charge on any atom is -0.487 e. The molecule has 0 bridgehead atoms. The van der Waals surface area contributed by atoms with Crippen LogP contribution in [0.2, 0.25) is 0 Å². The molecule has 1 aliphatic carbocycles. The summed E-state index contributed by atoms with van der Waals surface area (Å²) in [5.74, 6) is 1.24. The van der Waals surface area contributed by atoms with Crippen molar-refractivity contribution in [3.05, 3.63) is 60.3 Å². The van der Waals surface area contributed by atoms with Crippen LogP contribution in [0.5, 0.6) is 5.75 Å². The Kier molecular flexibility index (Phi) is 6.74. The highest BCUT2D eigenvalue weighted by atomic mass is 16.5. The van der Waals surface area contributed by atoms with Gasteiger partial charge in [0.15, 0.2) is 0 Å². The van der Waals surface area contributed by atoms with Crippen LogP contribution in [0.25, 0.3) is 22.2 Å². The molecule has 3 N–H and O–H groups in total. The number of hydrogen-bond donors (Lipinski definition) is 2. The summed E-state index contributed by atoms with van der Waals surface area (Å²) in [6.07, 6.45) is 10.2. The molecule has 1 saturated carbocycles.